The van der Waals surface area contributed by atoms with Crippen molar-refractivity contribution in [1.29, 1.82) is 0 Å². The predicted octanol–water partition coefficient (Wildman–Crippen LogP) is 4.66. The van der Waals surface area contributed by atoms with E-state index < -0.39 is 0 Å². The molecule has 1 heterocycles. The van der Waals surface area contributed by atoms with Gasteiger partial charge in [0.1, 0.15) is 0 Å². The van der Waals surface area contributed by atoms with Crippen molar-refractivity contribution >= 4 is 5.69 Å². The van der Waals surface area contributed by atoms with Crippen molar-refractivity contribution in [2.45, 2.75) is 52.4 Å². The lowest BCUT2D eigenvalue weighted by molar-refractivity contribution is 0.702. The van der Waals surface area contributed by atoms with Crippen molar-refractivity contribution in [3.63, 3.8) is 0 Å². The first-order valence-electron chi connectivity index (χ1n) is 7.08. The molecule has 1 aliphatic rings. The van der Waals surface area contributed by atoms with Crippen molar-refractivity contribution in [3.05, 3.63) is 29.8 Å². The highest BCUT2D eigenvalue weighted by atomic mass is 15.1. The molecule has 0 spiro atoms. The smallest absolute Gasteiger partial charge is 0.0396 e. The first-order valence-corrected chi connectivity index (χ1v) is 7.08. The number of rotatable bonds is 3. The van der Waals surface area contributed by atoms with Crippen LogP contribution in [-0.2, 0) is 6.42 Å². The Hall–Kier alpha value is -0.980. The van der Waals surface area contributed by atoms with Crippen molar-refractivity contribution in [2.24, 2.45) is 0 Å². The molecule has 0 fully saturated rings. The molecule has 0 saturated heterocycles. The van der Waals surface area contributed by atoms with E-state index in [0.717, 1.165) is 0 Å². The molecule has 0 bridgehead atoms. The second-order valence-electron chi connectivity index (χ2n) is 4.86. The molecule has 0 atom stereocenters. The molecule has 0 amide bonds. The zero-order valence-corrected chi connectivity index (χ0v) is 11.7. The fraction of sp³-hybridized carbons (Fsp3) is 0.625. The SMILES string of the molecule is CCCCCC.CN1CCCc2ccccc21. The van der Waals surface area contributed by atoms with E-state index in [1.54, 1.807) is 0 Å². The van der Waals surface area contributed by atoms with Crippen LogP contribution in [0.3, 0.4) is 0 Å². The molecule has 1 nitrogen and oxygen atoms in total. The van der Waals surface area contributed by atoms with Gasteiger partial charge >= 0.3 is 0 Å². The monoisotopic (exact) mass is 233 g/mol. The number of para-hydroxylation sites is 1. The maximum absolute atomic E-state index is 2.33. The van der Waals surface area contributed by atoms with Crippen LogP contribution in [0, 0.1) is 0 Å². The number of aryl methyl sites for hydroxylation is 1. The normalized spacial score (nSPS) is 13.7. The summed E-state index contributed by atoms with van der Waals surface area (Å²) >= 11 is 0. The Morgan fingerprint density at radius 1 is 1.06 bits per heavy atom. The Morgan fingerprint density at radius 2 is 1.71 bits per heavy atom. The van der Waals surface area contributed by atoms with Gasteiger partial charge in [-0.1, -0.05) is 57.7 Å². The highest BCUT2D eigenvalue weighted by Crippen LogP contribution is 2.24. The van der Waals surface area contributed by atoms with Gasteiger partial charge in [0, 0.05) is 19.3 Å². The van der Waals surface area contributed by atoms with Crippen LogP contribution in [0.1, 0.15) is 51.5 Å². The van der Waals surface area contributed by atoms with Crippen molar-refractivity contribution in [3.8, 4) is 0 Å². The molecule has 1 heteroatoms. The number of hydrogen-bond acceptors (Lipinski definition) is 1. The Balaban J connectivity index is 0.000000209. The third-order valence-electron chi connectivity index (χ3n) is 3.30. The maximum atomic E-state index is 2.33. The van der Waals surface area contributed by atoms with Gasteiger partial charge in [-0.3, -0.25) is 0 Å². The first-order chi connectivity index (χ1) is 8.29. The molecule has 0 N–H and O–H groups in total. The minimum atomic E-state index is 1.21. The molecule has 0 saturated carbocycles. The highest BCUT2D eigenvalue weighted by molar-refractivity contribution is 5.54. The van der Waals surface area contributed by atoms with E-state index in [1.807, 2.05) is 0 Å². The number of fused-ring (bicyclic) bond motifs is 1. The quantitative estimate of drug-likeness (QED) is 0.687. The van der Waals surface area contributed by atoms with E-state index in [4.69, 9.17) is 0 Å². The van der Waals surface area contributed by atoms with Gasteiger partial charge < -0.3 is 4.90 Å². The Morgan fingerprint density at radius 3 is 2.29 bits per heavy atom. The Labute approximate surface area is 107 Å². The van der Waals surface area contributed by atoms with Crippen LogP contribution in [0.15, 0.2) is 24.3 Å². The molecular weight excluding hydrogens is 206 g/mol. The summed E-state index contributed by atoms with van der Waals surface area (Å²) in [7, 11) is 2.16. The zero-order chi connectivity index (χ0) is 12.5. The number of anilines is 1. The summed E-state index contributed by atoms with van der Waals surface area (Å²) in [6, 6.07) is 8.66. The second kappa shape index (κ2) is 8.16. The molecule has 0 aromatic heterocycles. The topological polar surface area (TPSA) is 3.24 Å². The molecular formula is C16H27N. The van der Waals surface area contributed by atoms with Crippen LogP contribution in [-0.4, -0.2) is 13.6 Å². The van der Waals surface area contributed by atoms with Crippen LogP contribution < -0.4 is 4.90 Å². The van der Waals surface area contributed by atoms with Gasteiger partial charge in [-0.25, -0.2) is 0 Å². The van der Waals surface area contributed by atoms with Gasteiger partial charge in [0.15, 0.2) is 0 Å². The summed E-state index contributed by atoms with van der Waals surface area (Å²) in [6.45, 7) is 5.67. The molecule has 0 aliphatic carbocycles. The molecule has 1 aliphatic heterocycles. The van der Waals surface area contributed by atoms with E-state index in [0.29, 0.717) is 0 Å². The van der Waals surface area contributed by atoms with Crippen molar-refractivity contribution in [1.82, 2.24) is 0 Å². The summed E-state index contributed by atoms with van der Waals surface area (Å²) in [5, 5.41) is 0. The fourth-order valence-electron chi connectivity index (χ4n) is 2.22. The maximum Gasteiger partial charge on any atom is 0.0396 e. The predicted molar refractivity (Wildman–Crippen MR) is 77.8 cm³/mol. The largest absolute Gasteiger partial charge is 0.374 e. The Kier molecular flexibility index (Phi) is 6.76. The van der Waals surface area contributed by atoms with Crippen LogP contribution in [0.4, 0.5) is 5.69 Å². The minimum Gasteiger partial charge on any atom is -0.374 e. The molecule has 17 heavy (non-hydrogen) atoms. The van der Waals surface area contributed by atoms with Gasteiger partial charge in [0.2, 0.25) is 0 Å². The van der Waals surface area contributed by atoms with E-state index in [1.165, 1.54) is 56.3 Å². The van der Waals surface area contributed by atoms with Gasteiger partial charge in [-0.15, -0.1) is 0 Å². The first kappa shape index (κ1) is 14.1. The van der Waals surface area contributed by atoms with Crippen LogP contribution >= 0.6 is 0 Å². The van der Waals surface area contributed by atoms with Gasteiger partial charge in [0.25, 0.3) is 0 Å². The summed E-state index contributed by atoms with van der Waals surface area (Å²) in [4.78, 5) is 2.33. The standard InChI is InChI=1S/C10H13N.C6H14/c1-11-8-4-6-9-5-2-3-7-10(9)11;1-3-5-6-4-2/h2-3,5,7H,4,6,8H2,1H3;3-6H2,1-2H3. The lowest BCUT2D eigenvalue weighted by Crippen LogP contribution is -2.24. The zero-order valence-electron chi connectivity index (χ0n) is 11.7. The summed E-state index contributed by atoms with van der Waals surface area (Å²) in [6.07, 6.45) is 8.09. The third-order valence-corrected chi connectivity index (χ3v) is 3.30. The van der Waals surface area contributed by atoms with Gasteiger partial charge in [-0.05, 0) is 24.5 Å². The molecule has 96 valence electrons. The average molecular weight is 233 g/mol. The van der Waals surface area contributed by atoms with E-state index >= 15 is 0 Å². The number of hydrogen-bond donors (Lipinski definition) is 0. The van der Waals surface area contributed by atoms with Crippen molar-refractivity contribution in [2.75, 3.05) is 18.5 Å². The van der Waals surface area contributed by atoms with E-state index in [-0.39, 0.29) is 0 Å². The lowest BCUT2D eigenvalue weighted by Gasteiger charge is -2.26. The minimum absolute atomic E-state index is 1.21. The molecule has 0 unspecified atom stereocenters. The molecule has 1 aromatic rings. The number of nitrogens with zero attached hydrogens (tertiary/aromatic N) is 1. The average Bonchev–Trinajstić information content (AvgIpc) is 2.38. The fourth-order valence-corrected chi connectivity index (χ4v) is 2.22. The molecule has 1 aromatic carbocycles. The second-order valence-corrected chi connectivity index (χ2v) is 4.86. The van der Waals surface area contributed by atoms with Crippen molar-refractivity contribution < 1.29 is 0 Å². The van der Waals surface area contributed by atoms with Crippen LogP contribution in [0.25, 0.3) is 0 Å². The number of unbranched alkanes of at least 4 members (excludes halogenated alkanes) is 3. The summed E-state index contributed by atoms with van der Waals surface area (Å²) in [5.41, 5.74) is 2.92. The van der Waals surface area contributed by atoms with E-state index in [2.05, 4.69) is 50.1 Å². The third kappa shape index (κ3) is 4.80. The molecule has 2 rings (SSSR count). The summed E-state index contributed by atoms with van der Waals surface area (Å²) in [5.74, 6) is 0. The van der Waals surface area contributed by atoms with Gasteiger partial charge in [0.05, 0.1) is 0 Å². The van der Waals surface area contributed by atoms with Crippen LogP contribution in [0.2, 0.25) is 0 Å². The molecule has 0 radical (unpaired) electrons. The van der Waals surface area contributed by atoms with Crippen LogP contribution in [0.5, 0.6) is 0 Å². The highest BCUT2D eigenvalue weighted by Gasteiger charge is 2.11. The van der Waals surface area contributed by atoms with E-state index in [9.17, 15) is 0 Å². The Bertz CT molecular complexity index is 302. The summed E-state index contributed by atoms with van der Waals surface area (Å²) < 4.78 is 0. The number of benzene rings is 1. The van der Waals surface area contributed by atoms with Gasteiger partial charge in [-0.2, -0.15) is 0 Å². The lowest BCUT2D eigenvalue weighted by atomic mass is 10.0.